The van der Waals surface area contributed by atoms with E-state index in [-0.39, 0.29) is 30.1 Å². The Kier molecular flexibility index (Phi) is 11.9. The average molecular weight is 497 g/mol. The van der Waals surface area contributed by atoms with Gasteiger partial charge in [-0.1, -0.05) is 5.92 Å². The van der Waals surface area contributed by atoms with Gasteiger partial charge in [-0.05, 0) is 56.7 Å². The summed E-state index contributed by atoms with van der Waals surface area (Å²) in [4.78, 5) is 4.53. The molecule has 0 aliphatic rings. The van der Waals surface area contributed by atoms with Crippen LogP contribution in [0.1, 0.15) is 26.0 Å². The van der Waals surface area contributed by atoms with Gasteiger partial charge in [0.1, 0.15) is 18.1 Å². The van der Waals surface area contributed by atoms with Crippen LogP contribution in [-0.4, -0.2) is 31.8 Å². The first kappa shape index (κ1) is 23.9. The molecule has 0 fully saturated rings. The van der Waals surface area contributed by atoms with Gasteiger partial charge < -0.3 is 24.5 Å². The van der Waals surface area contributed by atoms with Crippen LogP contribution in [0, 0.1) is 12.3 Å². The Bertz CT molecular complexity index is 722. The molecular formula is C21H28IN3O3. The van der Waals surface area contributed by atoms with Crippen molar-refractivity contribution in [3.8, 4) is 18.1 Å². The van der Waals surface area contributed by atoms with Gasteiger partial charge in [0.2, 0.25) is 0 Å². The van der Waals surface area contributed by atoms with Gasteiger partial charge in [0.15, 0.2) is 5.96 Å². The maximum absolute atomic E-state index is 5.65. The third-order valence-electron chi connectivity index (χ3n) is 3.39. The maximum atomic E-state index is 5.65. The van der Waals surface area contributed by atoms with E-state index in [4.69, 9.17) is 20.3 Å². The molecule has 0 amide bonds. The van der Waals surface area contributed by atoms with Crippen LogP contribution in [0.2, 0.25) is 0 Å². The van der Waals surface area contributed by atoms with Gasteiger partial charge in [-0.25, -0.2) is 0 Å². The number of hydrogen-bond donors (Lipinski definition) is 2. The molecule has 0 atom stereocenters. The predicted molar refractivity (Wildman–Crippen MR) is 123 cm³/mol. The third-order valence-corrected chi connectivity index (χ3v) is 3.39. The number of nitrogens with zero attached hydrogens (tertiary/aromatic N) is 1. The highest BCUT2D eigenvalue weighted by Gasteiger charge is 2.02. The highest BCUT2D eigenvalue weighted by atomic mass is 127. The summed E-state index contributed by atoms with van der Waals surface area (Å²) in [6.07, 6.45) is 7.92. The van der Waals surface area contributed by atoms with Crippen molar-refractivity contribution in [3.05, 3.63) is 48.4 Å². The molecule has 2 rings (SSSR count). The number of halogens is 1. The molecule has 6 nitrogen and oxygen atoms in total. The summed E-state index contributed by atoms with van der Waals surface area (Å²) < 4.78 is 16.4. The van der Waals surface area contributed by atoms with Gasteiger partial charge in [0.25, 0.3) is 0 Å². The van der Waals surface area contributed by atoms with E-state index in [2.05, 4.69) is 21.5 Å². The van der Waals surface area contributed by atoms with Crippen LogP contribution in [0.25, 0.3) is 0 Å². The first-order valence-electron chi connectivity index (χ1n) is 9.03. The summed E-state index contributed by atoms with van der Waals surface area (Å²) in [6.45, 7) is 6.09. The number of rotatable bonds is 10. The van der Waals surface area contributed by atoms with Crippen LogP contribution in [0.3, 0.4) is 0 Å². The zero-order chi connectivity index (χ0) is 19.3. The van der Waals surface area contributed by atoms with Crippen LogP contribution in [0.15, 0.2) is 52.1 Å². The lowest BCUT2D eigenvalue weighted by atomic mass is 10.3. The Balaban J connectivity index is 0.00000392. The molecule has 2 N–H and O–H groups in total. The summed E-state index contributed by atoms with van der Waals surface area (Å²) >= 11 is 0. The van der Waals surface area contributed by atoms with Gasteiger partial charge in [-0.15, -0.1) is 30.4 Å². The fraction of sp³-hybridized carbons (Fsp3) is 0.381. The van der Waals surface area contributed by atoms with Crippen LogP contribution >= 0.6 is 24.0 Å². The first-order valence-corrected chi connectivity index (χ1v) is 9.03. The third kappa shape index (κ3) is 9.67. The number of hydrogen-bond acceptors (Lipinski definition) is 4. The van der Waals surface area contributed by atoms with Crippen molar-refractivity contribution >= 4 is 35.6 Å². The number of anilines is 1. The standard InChI is InChI=1S/C21H27N3O3.HI/c1-4-12-22-21(23-13-6-14-25-16-20-7-5-15-26-20)24-18-8-10-19(11-9-18)27-17(2)3;/h1,5,7-11,15,17H,6,12-14,16H2,2-3H3,(H2,22,23,24);1H. The summed E-state index contributed by atoms with van der Waals surface area (Å²) in [6, 6.07) is 11.5. The molecule has 0 bridgehead atoms. The second-order valence-electron chi connectivity index (χ2n) is 6.09. The molecule has 0 saturated heterocycles. The van der Waals surface area contributed by atoms with Crippen molar-refractivity contribution in [2.24, 2.45) is 4.99 Å². The minimum absolute atomic E-state index is 0. The zero-order valence-electron chi connectivity index (χ0n) is 16.3. The fourth-order valence-corrected chi connectivity index (χ4v) is 2.23. The van der Waals surface area contributed by atoms with Crippen LogP contribution in [0.5, 0.6) is 5.75 Å². The molecule has 152 valence electrons. The molecule has 1 heterocycles. The highest BCUT2D eigenvalue weighted by Crippen LogP contribution is 2.16. The number of aliphatic imine (C=N–C) groups is 1. The number of ether oxygens (including phenoxy) is 2. The molecule has 28 heavy (non-hydrogen) atoms. The second kappa shape index (κ2) is 13.9. The first-order chi connectivity index (χ1) is 13.2. The quantitative estimate of drug-likeness (QED) is 0.169. The van der Waals surface area contributed by atoms with Crippen molar-refractivity contribution in [3.63, 3.8) is 0 Å². The Morgan fingerprint density at radius 2 is 2.04 bits per heavy atom. The minimum Gasteiger partial charge on any atom is -0.491 e. The number of furan rings is 1. The SMILES string of the molecule is C#CCNC(=NCCCOCc1ccco1)Nc1ccc(OC(C)C)cc1.I. The summed E-state index contributed by atoms with van der Waals surface area (Å²) in [5.41, 5.74) is 0.906. The summed E-state index contributed by atoms with van der Waals surface area (Å²) in [5, 5.41) is 6.33. The topological polar surface area (TPSA) is 68.0 Å². The molecule has 1 aromatic carbocycles. The van der Waals surface area contributed by atoms with E-state index in [1.165, 1.54) is 0 Å². The lowest BCUT2D eigenvalue weighted by Crippen LogP contribution is -2.31. The fourth-order valence-electron chi connectivity index (χ4n) is 2.23. The molecule has 0 spiro atoms. The van der Waals surface area contributed by atoms with Gasteiger partial charge in [0, 0.05) is 18.8 Å². The normalized spacial score (nSPS) is 10.9. The zero-order valence-corrected chi connectivity index (χ0v) is 18.6. The van der Waals surface area contributed by atoms with Crippen LogP contribution in [0.4, 0.5) is 5.69 Å². The Morgan fingerprint density at radius 3 is 2.68 bits per heavy atom. The largest absolute Gasteiger partial charge is 0.491 e. The highest BCUT2D eigenvalue weighted by molar-refractivity contribution is 14.0. The van der Waals surface area contributed by atoms with Crippen molar-refractivity contribution < 1.29 is 13.9 Å². The van der Waals surface area contributed by atoms with Crippen LogP contribution < -0.4 is 15.4 Å². The predicted octanol–water partition coefficient (Wildman–Crippen LogP) is 4.28. The average Bonchev–Trinajstić information content (AvgIpc) is 3.17. The molecule has 2 aromatic rings. The van der Waals surface area contributed by atoms with Gasteiger partial charge in [-0.3, -0.25) is 4.99 Å². The second-order valence-corrected chi connectivity index (χ2v) is 6.09. The smallest absolute Gasteiger partial charge is 0.196 e. The van der Waals surface area contributed by atoms with Crippen molar-refractivity contribution in [1.29, 1.82) is 0 Å². The molecule has 1 aromatic heterocycles. The van der Waals surface area contributed by atoms with Crippen molar-refractivity contribution in [1.82, 2.24) is 5.32 Å². The minimum atomic E-state index is 0. The van der Waals surface area contributed by atoms with Gasteiger partial charge in [-0.2, -0.15) is 0 Å². The molecule has 0 aliphatic heterocycles. The summed E-state index contributed by atoms with van der Waals surface area (Å²) in [5.74, 6) is 4.84. The van der Waals surface area contributed by atoms with E-state index < -0.39 is 0 Å². The summed E-state index contributed by atoms with van der Waals surface area (Å²) in [7, 11) is 0. The Hall–Kier alpha value is -2.18. The molecular weight excluding hydrogens is 469 g/mol. The molecule has 0 saturated carbocycles. The Morgan fingerprint density at radius 1 is 1.25 bits per heavy atom. The molecule has 0 unspecified atom stereocenters. The molecule has 0 aliphatic carbocycles. The number of terminal acetylenes is 1. The van der Waals surface area contributed by atoms with E-state index in [1.54, 1.807) is 6.26 Å². The number of nitrogens with one attached hydrogen (secondary N) is 2. The van der Waals surface area contributed by atoms with E-state index in [0.29, 0.717) is 32.3 Å². The molecule has 0 radical (unpaired) electrons. The Labute approximate surface area is 184 Å². The van der Waals surface area contributed by atoms with Crippen molar-refractivity contribution in [2.45, 2.75) is 33.0 Å². The van der Waals surface area contributed by atoms with Gasteiger partial charge in [0.05, 0.1) is 18.9 Å². The monoisotopic (exact) mass is 497 g/mol. The van der Waals surface area contributed by atoms with Crippen molar-refractivity contribution in [2.75, 3.05) is 25.0 Å². The lowest BCUT2D eigenvalue weighted by molar-refractivity contribution is 0.105. The van der Waals surface area contributed by atoms with E-state index in [9.17, 15) is 0 Å². The lowest BCUT2D eigenvalue weighted by Gasteiger charge is -2.13. The van der Waals surface area contributed by atoms with Gasteiger partial charge >= 0.3 is 0 Å². The molecule has 7 heteroatoms. The van der Waals surface area contributed by atoms with E-state index >= 15 is 0 Å². The number of benzene rings is 1. The van der Waals surface area contributed by atoms with Crippen LogP contribution in [-0.2, 0) is 11.3 Å². The van der Waals surface area contributed by atoms with E-state index in [1.807, 2.05) is 50.2 Å². The maximum Gasteiger partial charge on any atom is 0.196 e. The van der Waals surface area contributed by atoms with E-state index in [0.717, 1.165) is 23.6 Å². The number of guanidine groups is 1.